The first-order valence-electron chi connectivity index (χ1n) is 4.59. The lowest BCUT2D eigenvalue weighted by atomic mass is 10.00. The van der Waals surface area contributed by atoms with E-state index < -0.39 is 29.1 Å². The van der Waals surface area contributed by atoms with Gasteiger partial charge in [-0.15, -0.1) is 0 Å². The van der Waals surface area contributed by atoms with E-state index in [2.05, 4.69) is 0 Å². The van der Waals surface area contributed by atoms with Crippen LogP contribution in [0.3, 0.4) is 0 Å². The number of carbonyl (C=O) groups excluding carboxylic acids is 2. The fourth-order valence-corrected chi connectivity index (χ4v) is 0.956. The quantitative estimate of drug-likeness (QED) is 0.358. The number of ketones is 2. The molecule has 0 spiro atoms. The number of hydrogen-bond acceptors (Lipinski definition) is 4. The van der Waals surface area contributed by atoms with E-state index in [1.165, 1.54) is 0 Å². The molecule has 0 aliphatic heterocycles. The molecule has 0 bridgehead atoms. The van der Waals surface area contributed by atoms with E-state index in [-0.39, 0.29) is 12.3 Å². The van der Waals surface area contributed by atoms with Crippen LogP contribution in [-0.2, 0) is 9.59 Å². The van der Waals surface area contributed by atoms with Gasteiger partial charge in [0.2, 0.25) is 17.3 Å². The highest BCUT2D eigenvalue weighted by molar-refractivity contribution is 6.44. The van der Waals surface area contributed by atoms with E-state index in [1.807, 2.05) is 0 Å². The Labute approximate surface area is 95.3 Å². The van der Waals surface area contributed by atoms with Gasteiger partial charge in [0.25, 0.3) is 0 Å². The fraction of sp³-hybridized carbons (Fsp3) is 0.500. The van der Waals surface area contributed by atoms with E-state index >= 15 is 0 Å². The van der Waals surface area contributed by atoms with Crippen molar-refractivity contribution in [3.63, 3.8) is 0 Å². The molecule has 0 saturated heterocycles. The van der Waals surface area contributed by atoms with Gasteiger partial charge in [0.15, 0.2) is 0 Å². The molecule has 0 rings (SSSR count). The van der Waals surface area contributed by atoms with Gasteiger partial charge in [0.05, 0.1) is 0 Å². The Balaban J connectivity index is 5.26. The first-order valence-corrected chi connectivity index (χ1v) is 4.59. The first kappa shape index (κ1) is 15.2. The van der Waals surface area contributed by atoms with Gasteiger partial charge in [-0.05, 0) is 5.92 Å². The number of alkyl halides is 3. The lowest BCUT2D eigenvalue weighted by Gasteiger charge is -2.07. The zero-order valence-corrected chi connectivity index (χ0v) is 9.13. The van der Waals surface area contributed by atoms with Crippen molar-refractivity contribution >= 4 is 11.6 Å². The van der Waals surface area contributed by atoms with Crippen LogP contribution in [0.15, 0.2) is 11.3 Å². The van der Waals surface area contributed by atoms with Crippen LogP contribution in [0.25, 0.3) is 0 Å². The number of aliphatic hydroxyl groups is 1. The summed E-state index contributed by atoms with van der Waals surface area (Å²) in [5.41, 5.74) is -1.57. The molecule has 0 radical (unpaired) electrons. The van der Waals surface area contributed by atoms with E-state index in [4.69, 9.17) is 10.4 Å². The third-order valence-electron chi connectivity index (χ3n) is 1.69. The summed E-state index contributed by atoms with van der Waals surface area (Å²) in [7, 11) is 0. The fourth-order valence-electron chi connectivity index (χ4n) is 0.956. The number of halogens is 3. The van der Waals surface area contributed by atoms with Gasteiger partial charge in [-0.1, -0.05) is 13.8 Å². The summed E-state index contributed by atoms with van der Waals surface area (Å²) in [4.78, 5) is 22.4. The second kappa shape index (κ2) is 5.48. The van der Waals surface area contributed by atoms with Crippen LogP contribution < -0.4 is 0 Å². The average Bonchev–Trinajstić information content (AvgIpc) is 2.15. The lowest BCUT2D eigenvalue weighted by molar-refractivity contribution is -0.136. The van der Waals surface area contributed by atoms with Crippen molar-refractivity contribution in [2.45, 2.75) is 26.4 Å². The molecule has 0 saturated carbocycles. The molecule has 0 aromatic heterocycles. The Hall–Kier alpha value is -1.84. The number of aliphatic hydroxyl groups excluding tert-OH is 1. The smallest absolute Gasteiger partial charge is 0.450 e. The summed E-state index contributed by atoms with van der Waals surface area (Å²) in [6.45, 7) is 3.18. The Morgan fingerprint density at radius 2 is 1.82 bits per heavy atom. The highest BCUT2D eigenvalue weighted by Gasteiger charge is 2.40. The Bertz CT molecular complexity index is 402. The van der Waals surface area contributed by atoms with Crippen molar-refractivity contribution in [3.8, 4) is 6.07 Å². The van der Waals surface area contributed by atoms with E-state index in [1.54, 1.807) is 13.8 Å². The molecule has 0 aromatic carbocycles. The number of nitriles is 1. The molecular formula is C10H10F3NO3. The van der Waals surface area contributed by atoms with Gasteiger partial charge in [-0.25, -0.2) is 0 Å². The molecule has 0 atom stereocenters. The minimum atomic E-state index is -5.22. The van der Waals surface area contributed by atoms with Gasteiger partial charge in [-0.2, -0.15) is 18.4 Å². The molecule has 17 heavy (non-hydrogen) atoms. The Morgan fingerprint density at radius 1 is 1.35 bits per heavy atom. The number of hydrogen-bond donors (Lipinski definition) is 1. The summed E-state index contributed by atoms with van der Waals surface area (Å²) in [5.74, 6) is -5.31. The minimum absolute atomic E-state index is 0.237. The average molecular weight is 249 g/mol. The molecule has 94 valence electrons. The van der Waals surface area contributed by atoms with Crippen LogP contribution in [-0.4, -0.2) is 22.8 Å². The topological polar surface area (TPSA) is 78.2 Å². The van der Waals surface area contributed by atoms with Crippen LogP contribution >= 0.6 is 0 Å². The summed E-state index contributed by atoms with van der Waals surface area (Å²) in [5, 5.41) is 17.0. The zero-order chi connectivity index (χ0) is 13.8. The van der Waals surface area contributed by atoms with Gasteiger partial charge < -0.3 is 5.11 Å². The number of carbonyl (C=O) groups is 2. The number of allylic oxidation sites excluding steroid dienone is 2. The van der Waals surface area contributed by atoms with Crippen molar-refractivity contribution < 1.29 is 27.9 Å². The summed E-state index contributed by atoms with van der Waals surface area (Å²) >= 11 is 0. The third kappa shape index (κ3) is 4.26. The van der Waals surface area contributed by atoms with Gasteiger partial charge in [-0.3, -0.25) is 9.59 Å². The van der Waals surface area contributed by atoms with Gasteiger partial charge >= 0.3 is 6.18 Å². The Kier molecular flexibility index (Phi) is 4.88. The van der Waals surface area contributed by atoms with Crippen LogP contribution in [0.4, 0.5) is 13.2 Å². The van der Waals surface area contributed by atoms with Crippen LogP contribution in [0.5, 0.6) is 0 Å². The molecule has 0 aliphatic rings. The first-order chi connectivity index (χ1) is 7.61. The highest BCUT2D eigenvalue weighted by Crippen LogP contribution is 2.26. The van der Waals surface area contributed by atoms with Gasteiger partial charge in [0.1, 0.15) is 11.6 Å². The molecule has 7 heteroatoms. The summed E-state index contributed by atoms with van der Waals surface area (Å²) in [6, 6.07) is 0.902. The highest BCUT2D eigenvalue weighted by atomic mass is 19.4. The normalized spacial score (nSPS) is 13.0. The second-order valence-electron chi connectivity index (χ2n) is 3.68. The molecule has 0 aromatic rings. The molecule has 0 amide bonds. The predicted molar refractivity (Wildman–Crippen MR) is 50.8 cm³/mol. The van der Waals surface area contributed by atoms with Crippen molar-refractivity contribution in [1.82, 2.24) is 0 Å². The SMILES string of the molecule is CC(C)CC(=O)C(=O)C(C#N)=C(O)C(F)(F)F. The number of rotatable bonds is 4. The summed E-state index contributed by atoms with van der Waals surface area (Å²) in [6.07, 6.45) is -5.51. The standard InChI is InChI=1S/C10H10F3NO3/c1-5(2)3-7(15)8(16)6(4-14)9(17)10(11,12)13/h5,17H,3H2,1-2H3. The van der Waals surface area contributed by atoms with E-state index in [0.717, 1.165) is 6.07 Å². The van der Waals surface area contributed by atoms with Crippen LogP contribution in [0.1, 0.15) is 20.3 Å². The molecule has 0 unspecified atom stereocenters. The maximum Gasteiger partial charge on any atom is 0.450 e. The second-order valence-corrected chi connectivity index (χ2v) is 3.68. The largest absolute Gasteiger partial charge is 0.503 e. The van der Waals surface area contributed by atoms with Gasteiger partial charge in [0, 0.05) is 6.42 Å². The number of nitrogens with zero attached hydrogens (tertiary/aromatic N) is 1. The summed E-state index contributed by atoms with van der Waals surface area (Å²) < 4.78 is 36.2. The molecule has 0 aliphatic carbocycles. The van der Waals surface area contributed by atoms with Crippen molar-refractivity contribution in [2.24, 2.45) is 5.92 Å². The minimum Gasteiger partial charge on any atom is -0.503 e. The molecule has 0 heterocycles. The molecule has 4 nitrogen and oxygen atoms in total. The van der Waals surface area contributed by atoms with E-state index in [0.29, 0.717) is 0 Å². The maximum absolute atomic E-state index is 12.1. The molecule has 1 N–H and O–H groups in total. The molecule has 0 fully saturated rings. The Morgan fingerprint density at radius 3 is 2.12 bits per heavy atom. The van der Waals surface area contributed by atoms with Crippen LogP contribution in [0, 0.1) is 17.2 Å². The van der Waals surface area contributed by atoms with E-state index in [9.17, 15) is 22.8 Å². The monoisotopic (exact) mass is 249 g/mol. The van der Waals surface area contributed by atoms with Crippen LogP contribution in [0.2, 0.25) is 0 Å². The van der Waals surface area contributed by atoms with Crippen molar-refractivity contribution in [2.75, 3.05) is 0 Å². The van der Waals surface area contributed by atoms with Crippen molar-refractivity contribution in [1.29, 1.82) is 5.26 Å². The molecular weight excluding hydrogens is 239 g/mol. The zero-order valence-electron chi connectivity index (χ0n) is 9.13. The maximum atomic E-state index is 12.1. The van der Waals surface area contributed by atoms with Crippen molar-refractivity contribution in [3.05, 3.63) is 11.3 Å². The lowest BCUT2D eigenvalue weighted by Crippen LogP contribution is -2.23. The number of Topliss-reactive ketones (excluding diaryl/α,β-unsaturated/α-hetero) is 2. The predicted octanol–water partition coefficient (Wildman–Crippen LogP) is 2.07. The third-order valence-corrected chi connectivity index (χ3v) is 1.69.